The SMILES string of the molecule is N[C@@H]1[C@H]2C[C@@H]([C@@H]1C(=O)O)[C@H](c1ccccc1)C2. The van der Waals surface area contributed by atoms with Crippen molar-refractivity contribution in [1.82, 2.24) is 0 Å². The molecule has 90 valence electrons. The van der Waals surface area contributed by atoms with Crippen LogP contribution in [0.25, 0.3) is 0 Å². The summed E-state index contributed by atoms with van der Waals surface area (Å²) in [5.41, 5.74) is 7.30. The Morgan fingerprint density at radius 1 is 1.24 bits per heavy atom. The molecule has 2 aliphatic carbocycles. The molecule has 0 amide bonds. The zero-order chi connectivity index (χ0) is 12.0. The highest BCUT2D eigenvalue weighted by Gasteiger charge is 2.54. The van der Waals surface area contributed by atoms with Crippen molar-refractivity contribution in [3.63, 3.8) is 0 Å². The fourth-order valence-corrected chi connectivity index (χ4v) is 3.83. The first-order chi connectivity index (χ1) is 8.18. The van der Waals surface area contributed by atoms with Gasteiger partial charge in [0.2, 0.25) is 0 Å². The van der Waals surface area contributed by atoms with Gasteiger partial charge in [-0.2, -0.15) is 0 Å². The maximum Gasteiger partial charge on any atom is 0.308 e. The summed E-state index contributed by atoms with van der Waals surface area (Å²) in [5.74, 6) is -0.0482. The number of carboxylic acids is 1. The third-order valence-electron chi connectivity index (χ3n) is 4.58. The van der Waals surface area contributed by atoms with Gasteiger partial charge in [0.15, 0.2) is 0 Å². The van der Waals surface area contributed by atoms with Gasteiger partial charge in [-0.1, -0.05) is 30.3 Å². The number of benzene rings is 1. The van der Waals surface area contributed by atoms with Crippen LogP contribution < -0.4 is 5.73 Å². The monoisotopic (exact) mass is 231 g/mol. The minimum absolute atomic E-state index is 0.141. The van der Waals surface area contributed by atoms with Crippen molar-refractivity contribution in [2.24, 2.45) is 23.5 Å². The van der Waals surface area contributed by atoms with Crippen LogP contribution >= 0.6 is 0 Å². The summed E-state index contributed by atoms with van der Waals surface area (Å²) in [6.07, 6.45) is 2.04. The summed E-state index contributed by atoms with van der Waals surface area (Å²) in [7, 11) is 0. The van der Waals surface area contributed by atoms with E-state index in [2.05, 4.69) is 12.1 Å². The van der Waals surface area contributed by atoms with E-state index in [1.54, 1.807) is 0 Å². The Morgan fingerprint density at radius 3 is 2.53 bits per heavy atom. The molecule has 1 aromatic carbocycles. The van der Waals surface area contributed by atoms with Crippen molar-refractivity contribution in [3.8, 4) is 0 Å². The van der Waals surface area contributed by atoms with E-state index in [0.717, 1.165) is 12.8 Å². The molecule has 5 atom stereocenters. The molecule has 0 aliphatic heterocycles. The highest BCUT2D eigenvalue weighted by atomic mass is 16.4. The van der Waals surface area contributed by atoms with Crippen molar-refractivity contribution in [3.05, 3.63) is 35.9 Å². The van der Waals surface area contributed by atoms with E-state index in [-0.39, 0.29) is 17.9 Å². The van der Waals surface area contributed by atoms with Crippen molar-refractivity contribution < 1.29 is 9.90 Å². The van der Waals surface area contributed by atoms with Crippen LogP contribution in [0.15, 0.2) is 30.3 Å². The highest BCUT2D eigenvalue weighted by molar-refractivity contribution is 5.72. The maximum atomic E-state index is 11.3. The molecule has 2 fully saturated rings. The zero-order valence-electron chi connectivity index (χ0n) is 9.62. The molecule has 1 aromatic rings. The topological polar surface area (TPSA) is 63.3 Å². The van der Waals surface area contributed by atoms with E-state index in [9.17, 15) is 9.90 Å². The lowest BCUT2D eigenvalue weighted by atomic mass is 9.75. The van der Waals surface area contributed by atoms with Gasteiger partial charge in [0, 0.05) is 6.04 Å². The Kier molecular flexibility index (Phi) is 2.44. The summed E-state index contributed by atoms with van der Waals surface area (Å²) in [6, 6.07) is 10.1. The molecular formula is C14H17NO2. The molecule has 3 rings (SSSR count). The molecule has 0 saturated heterocycles. The first-order valence-electron chi connectivity index (χ1n) is 6.22. The van der Waals surface area contributed by atoms with Crippen LogP contribution in [0, 0.1) is 17.8 Å². The fraction of sp³-hybridized carbons (Fsp3) is 0.500. The molecule has 2 saturated carbocycles. The van der Waals surface area contributed by atoms with Gasteiger partial charge in [-0.3, -0.25) is 4.79 Å². The van der Waals surface area contributed by atoms with Crippen LogP contribution in [0.4, 0.5) is 0 Å². The average molecular weight is 231 g/mol. The van der Waals surface area contributed by atoms with Crippen LogP contribution in [0.2, 0.25) is 0 Å². The lowest BCUT2D eigenvalue weighted by molar-refractivity contribution is -0.144. The van der Waals surface area contributed by atoms with Gasteiger partial charge in [-0.05, 0) is 36.2 Å². The van der Waals surface area contributed by atoms with Crippen molar-refractivity contribution >= 4 is 5.97 Å². The highest BCUT2D eigenvalue weighted by Crippen LogP contribution is 2.55. The lowest BCUT2D eigenvalue weighted by Gasteiger charge is -2.31. The van der Waals surface area contributed by atoms with Crippen molar-refractivity contribution in [2.75, 3.05) is 0 Å². The Bertz CT molecular complexity index is 431. The van der Waals surface area contributed by atoms with Gasteiger partial charge in [0.1, 0.15) is 0 Å². The standard InChI is InChI=1S/C14H17NO2/c15-13-9-6-10(8-4-2-1-3-5-8)11(7-9)12(13)14(16)17/h1-5,9-13H,6-7,15H2,(H,16,17)/t9-,10+,11-,12+,13-/m1/s1. The molecule has 2 aliphatic rings. The van der Waals surface area contributed by atoms with E-state index in [1.165, 1.54) is 5.56 Å². The second-order valence-electron chi connectivity index (χ2n) is 5.35. The minimum atomic E-state index is -0.717. The van der Waals surface area contributed by atoms with E-state index in [1.807, 2.05) is 18.2 Å². The normalized spacial score (nSPS) is 39.5. The molecule has 0 radical (unpaired) electrons. The van der Waals surface area contributed by atoms with Crippen LogP contribution in [-0.4, -0.2) is 17.1 Å². The summed E-state index contributed by atoms with van der Waals surface area (Å²) in [6.45, 7) is 0. The van der Waals surface area contributed by atoms with Crippen LogP contribution in [0.1, 0.15) is 24.3 Å². The van der Waals surface area contributed by atoms with Gasteiger partial charge in [0.05, 0.1) is 5.92 Å². The Hall–Kier alpha value is -1.35. The number of rotatable bonds is 2. The zero-order valence-corrected chi connectivity index (χ0v) is 9.62. The number of hydrogen-bond donors (Lipinski definition) is 2. The number of carboxylic acid groups (broad SMARTS) is 1. The number of carbonyl (C=O) groups is 1. The Balaban J connectivity index is 1.90. The molecule has 0 unspecified atom stereocenters. The molecule has 0 aromatic heterocycles. The summed E-state index contributed by atoms with van der Waals surface area (Å²) in [5, 5.41) is 9.29. The third-order valence-corrected chi connectivity index (χ3v) is 4.58. The minimum Gasteiger partial charge on any atom is -0.481 e. The second-order valence-corrected chi connectivity index (χ2v) is 5.35. The van der Waals surface area contributed by atoms with Crippen LogP contribution in [0.3, 0.4) is 0 Å². The van der Waals surface area contributed by atoms with E-state index < -0.39 is 5.97 Å². The number of aliphatic carboxylic acids is 1. The van der Waals surface area contributed by atoms with Crippen LogP contribution in [-0.2, 0) is 4.79 Å². The fourth-order valence-electron chi connectivity index (χ4n) is 3.83. The maximum absolute atomic E-state index is 11.3. The van der Waals surface area contributed by atoms with Crippen molar-refractivity contribution in [2.45, 2.75) is 24.8 Å². The largest absolute Gasteiger partial charge is 0.481 e. The molecule has 0 heterocycles. The number of nitrogens with two attached hydrogens (primary N) is 1. The van der Waals surface area contributed by atoms with Gasteiger partial charge in [-0.15, -0.1) is 0 Å². The molecule has 3 N–H and O–H groups in total. The van der Waals surface area contributed by atoms with Crippen LogP contribution in [0.5, 0.6) is 0 Å². The lowest BCUT2D eigenvalue weighted by Crippen LogP contribution is -2.42. The molecular weight excluding hydrogens is 214 g/mol. The second kappa shape index (κ2) is 3.84. The van der Waals surface area contributed by atoms with E-state index >= 15 is 0 Å². The van der Waals surface area contributed by atoms with E-state index in [0.29, 0.717) is 11.8 Å². The molecule has 3 nitrogen and oxygen atoms in total. The van der Waals surface area contributed by atoms with Crippen molar-refractivity contribution in [1.29, 1.82) is 0 Å². The van der Waals surface area contributed by atoms with E-state index in [4.69, 9.17) is 5.73 Å². The molecule has 2 bridgehead atoms. The van der Waals surface area contributed by atoms with Gasteiger partial charge in [0.25, 0.3) is 0 Å². The summed E-state index contributed by atoms with van der Waals surface area (Å²) >= 11 is 0. The number of fused-ring (bicyclic) bond motifs is 2. The first-order valence-corrected chi connectivity index (χ1v) is 6.22. The average Bonchev–Trinajstić information content (AvgIpc) is 2.87. The third kappa shape index (κ3) is 1.57. The Labute approximate surface area is 101 Å². The van der Waals surface area contributed by atoms with Gasteiger partial charge in [-0.25, -0.2) is 0 Å². The smallest absolute Gasteiger partial charge is 0.308 e. The number of hydrogen-bond acceptors (Lipinski definition) is 2. The summed E-state index contributed by atoms with van der Waals surface area (Å²) < 4.78 is 0. The Morgan fingerprint density at radius 2 is 1.94 bits per heavy atom. The summed E-state index contributed by atoms with van der Waals surface area (Å²) in [4.78, 5) is 11.3. The van der Waals surface area contributed by atoms with Gasteiger partial charge < -0.3 is 10.8 Å². The predicted molar refractivity (Wildman–Crippen MR) is 64.5 cm³/mol. The quantitative estimate of drug-likeness (QED) is 0.816. The predicted octanol–water partition coefficient (Wildman–Crippen LogP) is 1.84. The molecule has 17 heavy (non-hydrogen) atoms. The molecule has 0 spiro atoms. The van der Waals surface area contributed by atoms with Gasteiger partial charge >= 0.3 is 5.97 Å². The molecule has 3 heteroatoms. The first kappa shape index (κ1) is 10.8.